The maximum absolute atomic E-state index is 11.6. The second-order valence-corrected chi connectivity index (χ2v) is 10.6. The highest BCUT2D eigenvalue weighted by Gasteiger charge is 2.62. The van der Waals surface area contributed by atoms with Gasteiger partial charge in [0, 0.05) is 19.3 Å². The van der Waals surface area contributed by atoms with Gasteiger partial charge in [-0.25, -0.2) is 0 Å². The molecule has 0 unspecified atom stereocenters. The van der Waals surface area contributed by atoms with E-state index in [2.05, 4.69) is 20.4 Å². The smallest absolute Gasteiger partial charge is 0.302 e. The number of hydrogen-bond donors (Lipinski definition) is 0. The number of ether oxygens (including phenoxy) is 2. The van der Waals surface area contributed by atoms with Gasteiger partial charge in [0.1, 0.15) is 12.2 Å². The van der Waals surface area contributed by atoms with E-state index < -0.39 is 0 Å². The van der Waals surface area contributed by atoms with Crippen LogP contribution in [-0.4, -0.2) is 24.1 Å². The van der Waals surface area contributed by atoms with Gasteiger partial charge in [-0.2, -0.15) is 0 Å². The zero-order valence-electron chi connectivity index (χ0n) is 18.0. The predicted molar refractivity (Wildman–Crippen MR) is 107 cm³/mol. The molecule has 4 fully saturated rings. The van der Waals surface area contributed by atoms with Crippen LogP contribution in [0.4, 0.5) is 0 Å². The Kier molecular flexibility index (Phi) is 4.91. The van der Waals surface area contributed by atoms with Crippen LogP contribution in [0.1, 0.15) is 79.1 Å². The minimum absolute atomic E-state index is 0.0398. The average Bonchev–Trinajstić information content (AvgIpc) is 2.90. The first-order valence-corrected chi connectivity index (χ1v) is 11.2. The molecule has 0 aromatic heterocycles. The van der Waals surface area contributed by atoms with Crippen molar-refractivity contribution in [2.75, 3.05) is 0 Å². The van der Waals surface area contributed by atoms with E-state index in [4.69, 9.17) is 9.47 Å². The van der Waals surface area contributed by atoms with Crippen molar-refractivity contribution < 1.29 is 19.1 Å². The monoisotopic (exact) mass is 388 g/mol. The molecule has 28 heavy (non-hydrogen) atoms. The van der Waals surface area contributed by atoms with E-state index in [0.29, 0.717) is 23.7 Å². The van der Waals surface area contributed by atoms with E-state index in [1.54, 1.807) is 0 Å². The van der Waals surface area contributed by atoms with Crippen molar-refractivity contribution in [3.63, 3.8) is 0 Å². The number of fused-ring (bicyclic) bond motifs is 5. The number of hydrogen-bond acceptors (Lipinski definition) is 4. The third-order valence-corrected chi connectivity index (χ3v) is 9.00. The van der Waals surface area contributed by atoms with Crippen LogP contribution in [0.3, 0.4) is 0 Å². The molecule has 0 spiro atoms. The molecule has 8 atom stereocenters. The summed E-state index contributed by atoms with van der Waals surface area (Å²) in [5, 5.41) is 0. The first-order chi connectivity index (χ1) is 13.1. The SMILES string of the molecule is C=C1C[C@]2(C)[C@H](OC(C)=O)CC[C@H]2[C@@H]2CC[C@H]3C[C@@H](OC(C)=O)CC[C@]3(C)[C@@H]12. The molecule has 4 rings (SSSR count). The molecular formula is C24H36O4. The summed E-state index contributed by atoms with van der Waals surface area (Å²) in [6.45, 7) is 12.5. The first-order valence-electron chi connectivity index (χ1n) is 11.2. The number of rotatable bonds is 2. The fourth-order valence-corrected chi connectivity index (χ4v) is 8.00. The van der Waals surface area contributed by atoms with Crippen molar-refractivity contribution in [2.45, 2.75) is 91.3 Å². The molecule has 4 nitrogen and oxygen atoms in total. The lowest BCUT2D eigenvalue weighted by atomic mass is 9.44. The number of carbonyl (C=O) groups is 2. The topological polar surface area (TPSA) is 52.6 Å². The van der Waals surface area contributed by atoms with Gasteiger partial charge in [0.15, 0.2) is 0 Å². The van der Waals surface area contributed by atoms with E-state index in [1.165, 1.54) is 38.7 Å². The van der Waals surface area contributed by atoms with Crippen LogP contribution in [0.25, 0.3) is 0 Å². The minimum atomic E-state index is -0.154. The van der Waals surface area contributed by atoms with Crippen LogP contribution in [0.15, 0.2) is 12.2 Å². The Morgan fingerprint density at radius 2 is 1.68 bits per heavy atom. The van der Waals surface area contributed by atoms with E-state index >= 15 is 0 Å². The quantitative estimate of drug-likeness (QED) is 0.490. The van der Waals surface area contributed by atoms with E-state index in [1.807, 2.05) is 0 Å². The van der Waals surface area contributed by atoms with Crippen molar-refractivity contribution in [1.29, 1.82) is 0 Å². The molecule has 4 aliphatic rings. The third-order valence-electron chi connectivity index (χ3n) is 9.00. The maximum Gasteiger partial charge on any atom is 0.302 e. The zero-order valence-corrected chi connectivity index (χ0v) is 18.0. The Bertz CT molecular complexity index is 684. The Morgan fingerprint density at radius 3 is 2.36 bits per heavy atom. The summed E-state index contributed by atoms with van der Waals surface area (Å²) in [6.07, 6.45) is 8.81. The minimum Gasteiger partial charge on any atom is -0.463 e. The molecule has 0 N–H and O–H groups in total. The van der Waals surface area contributed by atoms with Crippen molar-refractivity contribution >= 4 is 11.9 Å². The predicted octanol–water partition coefficient (Wildman–Crippen LogP) is 5.06. The van der Waals surface area contributed by atoms with Gasteiger partial charge in [0.25, 0.3) is 0 Å². The summed E-state index contributed by atoms with van der Waals surface area (Å²) in [5.74, 6) is 2.13. The number of allylic oxidation sites excluding steroid dienone is 1. The fraction of sp³-hybridized carbons (Fsp3) is 0.833. The molecule has 0 aliphatic heterocycles. The van der Waals surface area contributed by atoms with E-state index in [-0.39, 0.29) is 35.0 Å². The highest BCUT2D eigenvalue weighted by Crippen LogP contribution is 2.67. The summed E-state index contributed by atoms with van der Waals surface area (Å²) >= 11 is 0. The standard InChI is InChI=1S/C24H36O4/c1-14-13-24(5)20(8-9-21(24)28-16(3)26)19-7-6-17-12-18(27-15(2)25)10-11-23(17,4)22(14)19/h17-22H,1,6-13H2,2-5H3/t17-,18-,19-,20-,21+,22-,23-,24-/m0/s1. The Balaban J connectivity index is 1.57. The maximum atomic E-state index is 11.6. The molecular weight excluding hydrogens is 352 g/mol. The van der Waals surface area contributed by atoms with E-state index in [0.717, 1.165) is 32.1 Å². The van der Waals surface area contributed by atoms with Gasteiger partial charge >= 0.3 is 11.9 Å². The van der Waals surface area contributed by atoms with Crippen molar-refractivity contribution in [3.05, 3.63) is 12.2 Å². The highest BCUT2D eigenvalue weighted by atomic mass is 16.5. The molecule has 4 aliphatic carbocycles. The summed E-state index contributed by atoms with van der Waals surface area (Å²) < 4.78 is 11.3. The molecule has 0 saturated heterocycles. The molecule has 0 amide bonds. The van der Waals surface area contributed by atoms with Gasteiger partial charge in [0.05, 0.1) is 0 Å². The lowest BCUT2D eigenvalue weighted by Gasteiger charge is -2.61. The van der Waals surface area contributed by atoms with Gasteiger partial charge in [-0.1, -0.05) is 26.0 Å². The zero-order chi connectivity index (χ0) is 20.3. The van der Waals surface area contributed by atoms with Gasteiger partial charge in [-0.05, 0) is 80.5 Å². The summed E-state index contributed by atoms with van der Waals surface area (Å²) in [7, 11) is 0. The average molecular weight is 389 g/mol. The second kappa shape index (κ2) is 6.88. The molecule has 4 heteroatoms. The third kappa shape index (κ3) is 3.02. The summed E-state index contributed by atoms with van der Waals surface area (Å²) in [5.41, 5.74) is 1.68. The summed E-state index contributed by atoms with van der Waals surface area (Å²) in [6, 6.07) is 0. The molecule has 0 heterocycles. The Hall–Kier alpha value is -1.32. The normalized spacial score (nSPS) is 47.5. The van der Waals surface area contributed by atoms with Crippen LogP contribution in [0, 0.1) is 34.5 Å². The summed E-state index contributed by atoms with van der Waals surface area (Å²) in [4.78, 5) is 23.1. The molecule has 0 radical (unpaired) electrons. The van der Waals surface area contributed by atoms with Crippen LogP contribution < -0.4 is 0 Å². The second-order valence-electron chi connectivity index (χ2n) is 10.6. The van der Waals surface area contributed by atoms with Crippen LogP contribution in [-0.2, 0) is 19.1 Å². The molecule has 0 bridgehead atoms. The van der Waals surface area contributed by atoms with Gasteiger partial charge in [0.2, 0.25) is 0 Å². The van der Waals surface area contributed by atoms with E-state index in [9.17, 15) is 9.59 Å². The van der Waals surface area contributed by atoms with Gasteiger partial charge in [-0.3, -0.25) is 9.59 Å². The van der Waals surface area contributed by atoms with Crippen LogP contribution in [0.2, 0.25) is 0 Å². The molecule has 156 valence electrons. The first kappa shape index (κ1) is 20.0. The van der Waals surface area contributed by atoms with Gasteiger partial charge in [-0.15, -0.1) is 0 Å². The van der Waals surface area contributed by atoms with Crippen LogP contribution >= 0.6 is 0 Å². The van der Waals surface area contributed by atoms with Crippen LogP contribution in [0.5, 0.6) is 0 Å². The fourth-order valence-electron chi connectivity index (χ4n) is 8.00. The lowest BCUT2D eigenvalue weighted by Crippen LogP contribution is -2.55. The van der Waals surface area contributed by atoms with Crippen molar-refractivity contribution in [3.8, 4) is 0 Å². The number of esters is 2. The Morgan fingerprint density at radius 1 is 0.964 bits per heavy atom. The lowest BCUT2D eigenvalue weighted by molar-refractivity contribution is -0.160. The van der Waals surface area contributed by atoms with Crippen molar-refractivity contribution in [2.24, 2.45) is 34.5 Å². The van der Waals surface area contributed by atoms with Gasteiger partial charge < -0.3 is 9.47 Å². The van der Waals surface area contributed by atoms with Crippen molar-refractivity contribution in [1.82, 2.24) is 0 Å². The molecule has 0 aromatic carbocycles. The highest BCUT2D eigenvalue weighted by molar-refractivity contribution is 5.66. The number of carbonyl (C=O) groups excluding carboxylic acids is 2. The molecule has 0 aromatic rings. The molecule has 4 saturated carbocycles. The Labute approximate surface area is 169 Å². The largest absolute Gasteiger partial charge is 0.463 e.